The summed E-state index contributed by atoms with van der Waals surface area (Å²) in [4.78, 5) is 16.0. The third kappa shape index (κ3) is 3.14. The van der Waals surface area contributed by atoms with Gasteiger partial charge in [-0.3, -0.25) is 9.78 Å². The minimum atomic E-state index is -0.325. The summed E-state index contributed by atoms with van der Waals surface area (Å²) in [6.45, 7) is 3.45. The Morgan fingerprint density at radius 3 is 2.83 bits per heavy atom. The molecule has 0 spiro atoms. The topological polar surface area (TPSA) is 42.0 Å². The molecule has 0 radical (unpaired) electrons. The van der Waals surface area contributed by atoms with Gasteiger partial charge in [0.1, 0.15) is 5.82 Å². The molecule has 1 amide bonds. The predicted octanol–water partition coefficient (Wildman–Crippen LogP) is 4.93. The Morgan fingerprint density at radius 2 is 2.09 bits per heavy atom. The van der Waals surface area contributed by atoms with Gasteiger partial charge >= 0.3 is 0 Å². The zero-order valence-corrected chi connectivity index (χ0v) is 13.6. The van der Waals surface area contributed by atoms with Crippen molar-refractivity contribution >= 4 is 38.3 Å². The van der Waals surface area contributed by atoms with Crippen LogP contribution in [0, 0.1) is 5.82 Å². The number of halogens is 2. The van der Waals surface area contributed by atoms with Crippen LogP contribution in [0.15, 0.2) is 65.8 Å². The summed E-state index contributed by atoms with van der Waals surface area (Å²) in [6, 6.07) is 12.2. The molecular weight excluding hydrogens is 359 g/mol. The lowest BCUT2D eigenvalue weighted by molar-refractivity contribution is -0.111. The molecule has 1 N–H and O–H groups in total. The van der Waals surface area contributed by atoms with Crippen LogP contribution in [0.25, 0.3) is 22.0 Å². The fourth-order valence-electron chi connectivity index (χ4n) is 2.28. The Kier molecular flexibility index (Phi) is 4.21. The fraction of sp³-hybridized carbons (Fsp3) is 0. The lowest BCUT2D eigenvalue weighted by atomic mass is 10.1. The second-order valence-corrected chi connectivity index (χ2v) is 5.77. The van der Waals surface area contributed by atoms with Crippen molar-refractivity contribution < 1.29 is 9.18 Å². The highest BCUT2D eigenvalue weighted by Gasteiger charge is 2.08. The van der Waals surface area contributed by atoms with Crippen LogP contribution in [0.1, 0.15) is 0 Å². The fourth-order valence-corrected chi connectivity index (χ4v) is 2.65. The van der Waals surface area contributed by atoms with E-state index in [9.17, 15) is 9.18 Å². The van der Waals surface area contributed by atoms with E-state index >= 15 is 0 Å². The van der Waals surface area contributed by atoms with E-state index in [1.165, 1.54) is 12.1 Å². The average Bonchev–Trinajstić information content (AvgIpc) is 2.57. The van der Waals surface area contributed by atoms with Gasteiger partial charge < -0.3 is 5.32 Å². The molecule has 114 valence electrons. The Hall–Kier alpha value is -2.53. The van der Waals surface area contributed by atoms with Gasteiger partial charge in [0.2, 0.25) is 5.91 Å². The van der Waals surface area contributed by atoms with Crippen LogP contribution in [-0.2, 0) is 4.79 Å². The molecule has 0 aliphatic carbocycles. The van der Waals surface area contributed by atoms with Crippen molar-refractivity contribution in [2.75, 3.05) is 5.32 Å². The number of carbonyl (C=O) groups is 1. The van der Waals surface area contributed by atoms with Crippen molar-refractivity contribution in [2.45, 2.75) is 0 Å². The molecule has 0 atom stereocenters. The van der Waals surface area contributed by atoms with Crippen molar-refractivity contribution in [1.82, 2.24) is 4.98 Å². The van der Waals surface area contributed by atoms with Crippen LogP contribution in [0.2, 0.25) is 0 Å². The zero-order valence-electron chi connectivity index (χ0n) is 12.0. The maximum atomic E-state index is 13.4. The summed E-state index contributed by atoms with van der Waals surface area (Å²) >= 11 is 3.18. The quantitative estimate of drug-likeness (QED) is 0.664. The number of aromatic nitrogens is 1. The number of anilines is 1. The molecule has 3 nitrogen and oxygen atoms in total. The Morgan fingerprint density at radius 1 is 1.26 bits per heavy atom. The van der Waals surface area contributed by atoms with E-state index in [0.717, 1.165) is 16.3 Å². The summed E-state index contributed by atoms with van der Waals surface area (Å²) in [5.74, 6) is -0.603. The second kappa shape index (κ2) is 6.30. The van der Waals surface area contributed by atoms with Gasteiger partial charge in [-0.2, -0.15) is 0 Å². The van der Waals surface area contributed by atoms with E-state index in [0.29, 0.717) is 15.9 Å². The third-order valence-corrected chi connectivity index (χ3v) is 4.03. The number of hydrogen-bond donors (Lipinski definition) is 1. The normalized spacial score (nSPS) is 10.5. The van der Waals surface area contributed by atoms with Gasteiger partial charge in [0.25, 0.3) is 0 Å². The third-order valence-electron chi connectivity index (χ3n) is 3.42. The molecular formula is C18H12BrFN2O. The molecule has 3 aromatic rings. The van der Waals surface area contributed by atoms with Crippen molar-refractivity contribution in [2.24, 2.45) is 0 Å². The molecule has 2 aromatic carbocycles. The van der Waals surface area contributed by atoms with Crippen molar-refractivity contribution in [3.05, 3.63) is 71.6 Å². The number of carbonyl (C=O) groups excluding carboxylic acids is 1. The lowest BCUT2D eigenvalue weighted by Crippen LogP contribution is -2.07. The first-order chi connectivity index (χ1) is 11.1. The molecule has 5 heteroatoms. The summed E-state index contributed by atoms with van der Waals surface area (Å²) in [6.07, 6.45) is 2.95. The van der Waals surface area contributed by atoms with Crippen LogP contribution in [0.3, 0.4) is 0 Å². The molecule has 0 bridgehead atoms. The zero-order chi connectivity index (χ0) is 16.4. The van der Waals surface area contributed by atoms with Crippen LogP contribution in [-0.4, -0.2) is 10.9 Å². The summed E-state index contributed by atoms with van der Waals surface area (Å²) in [5.41, 5.74) is 2.15. The molecule has 3 rings (SSSR count). The molecule has 0 aliphatic heterocycles. The van der Waals surface area contributed by atoms with Gasteiger partial charge in [-0.1, -0.05) is 18.7 Å². The number of benzene rings is 2. The number of hydrogen-bond acceptors (Lipinski definition) is 2. The first-order valence-corrected chi connectivity index (χ1v) is 7.65. The van der Waals surface area contributed by atoms with Gasteiger partial charge in [0.15, 0.2) is 0 Å². The predicted molar refractivity (Wildman–Crippen MR) is 93.7 cm³/mol. The molecule has 0 unspecified atom stereocenters. The van der Waals surface area contributed by atoms with E-state index in [1.54, 1.807) is 18.3 Å². The Labute approximate surface area is 141 Å². The molecule has 1 heterocycles. The summed E-state index contributed by atoms with van der Waals surface area (Å²) in [7, 11) is 0. The van der Waals surface area contributed by atoms with Crippen LogP contribution in [0.5, 0.6) is 0 Å². The molecule has 0 saturated heterocycles. The molecule has 1 aromatic heterocycles. The van der Waals surface area contributed by atoms with Gasteiger partial charge in [0, 0.05) is 28.2 Å². The van der Waals surface area contributed by atoms with E-state index in [-0.39, 0.29) is 11.7 Å². The van der Waals surface area contributed by atoms with Gasteiger partial charge in [0.05, 0.1) is 10.2 Å². The SMILES string of the molecule is C=CC(=O)Nc1cccc2cnc(-c3ccc(F)c(Br)c3)cc12. The molecule has 23 heavy (non-hydrogen) atoms. The van der Waals surface area contributed by atoms with E-state index in [1.807, 2.05) is 24.3 Å². The number of nitrogens with zero attached hydrogens (tertiary/aromatic N) is 1. The van der Waals surface area contributed by atoms with E-state index < -0.39 is 0 Å². The molecule has 0 aliphatic rings. The van der Waals surface area contributed by atoms with Gasteiger partial charge in [-0.25, -0.2) is 4.39 Å². The van der Waals surface area contributed by atoms with Crippen molar-refractivity contribution in [3.63, 3.8) is 0 Å². The van der Waals surface area contributed by atoms with Gasteiger partial charge in [-0.15, -0.1) is 0 Å². The van der Waals surface area contributed by atoms with Crippen molar-refractivity contribution in [3.8, 4) is 11.3 Å². The minimum absolute atomic E-state index is 0.277. The number of amides is 1. The monoisotopic (exact) mass is 370 g/mol. The summed E-state index contributed by atoms with van der Waals surface area (Å²) < 4.78 is 13.8. The lowest BCUT2D eigenvalue weighted by Gasteiger charge is -2.09. The molecule has 0 fully saturated rings. The highest BCUT2D eigenvalue weighted by atomic mass is 79.9. The van der Waals surface area contributed by atoms with Gasteiger partial charge in [-0.05, 0) is 52.3 Å². The number of rotatable bonds is 3. The maximum Gasteiger partial charge on any atom is 0.247 e. The number of fused-ring (bicyclic) bond motifs is 1. The van der Waals surface area contributed by atoms with E-state index in [2.05, 4.69) is 32.8 Å². The van der Waals surface area contributed by atoms with Crippen molar-refractivity contribution in [1.29, 1.82) is 0 Å². The summed E-state index contributed by atoms with van der Waals surface area (Å²) in [5, 5.41) is 4.53. The smallest absolute Gasteiger partial charge is 0.247 e. The van der Waals surface area contributed by atoms with Crippen LogP contribution < -0.4 is 5.32 Å². The van der Waals surface area contributed by atoms with Crippen LogP contribution in [0.4, 0.5) is 10.1 Å². The Bertz CT molecular complexity index is 924. The highest BCUT2D eigenvalue weighted by molar-refractivity contribution is 9.10. The Balaban J connectivity index is 2.13. The number of pyridine rings is 1. The molecule has 0 saturated carbocycles. The highest BCUT2D eigenvalue weighted by Crippen LogP contribution is 2.29. The first-order valence-electron chi connectivity index (χ1n) is 6.86. The largest absolute Gasteiger partial charge is 0.322 e. The average molecular weight is 371 g/mol. The maximum absolute atomic E-state index is 13.4. The second-order valence-electron chi connectivity index (χ2n) is 4.92. The van der Waals surface area contributed by atoms with Crippen LogP contribution >= 0.6 is 15.9 Å². The minimum Gasteiger partial charge on any atom is -0.322 e. The standard InChI is InChI=1S/C18H12BrFN2O/c1-2-18(23)22-16-5-3-4-12-10-21-17(9-13(12)16)11-6-7-15(20)14(19)8-11/h2-10H,1H2,(H,22,23). The first kappa shape index (κ1) is 15.4. The number of nitrogens with one attached hydrogen (secondary N) is 1. The van der Waals surface area contributed by atoms with E-state index in [4.69, 9.17) is 0 Å².